The number of ether oxygens (including phenoxy) is 2. The molecule has 0 saturated carbocycles. The van der Waals surface area contributed by atoms with E-state index in [2.05, 4.69) is 10.1 Å². The number of benzene rings is 4. The summed E-state index contributed by atoms with van der Waals surface area (Å²) >= 11 is 0. The largest absolute Gasteiger partial charge is 0.497 e. The molecule has 0 unspecified atom stereocenters. The second kappa shape index (κ2) is 8.04. The molecule has 0 radical (unpaired) electrons. The molecule has 0 amide bonds. The van der Waals surface area contributed by atoms with Gasteiger partial charge in [0.2, 0.25) is 5.78 Å². The highest BCUT2D eigenvalue weighted by Crippen LogP contribution is 2.24. The van der Waals surface area contributed by atoms with Crippen LogP contribution in [-0.2, 0) is 6.54 Å². The van der Waals surface area contributed by atoms with Crippen LogP contribution in [0.15, 0.2) is 95.8 Å². The molecule has 0 saturated heterocycles. The number of aromatic nitrogens is 4. The van der Waals surface area contributed by atoms with E-state index in [1.807, 2.05) is 91.0 Å². The van der Waals surface area contributed by atoms with Crippen molar-refractivity contribution in [2.75, 3.05) is 7.11 Å². The highest BCUT2D eigenvalue weighted by Gasteiger charge is 2.18. The Labute approximate surface area is 194 Å². The SMILES string of the molecule is COc1cccc(Cn2c(=O)c3cc4ccccc4cc3n3nc(Oc4ccccc4)nc23)c1. The summed E-state index contributed by atoms with van der Waals surface area (Å²) in [5, 5.41) is 7.18. The number of rotatable bonds is 5. The standard InChI is InChI=1S/C27H20N4O3/c1-33-22-13-7-8-18(14-22)17-30-25(32)23-15-19-9-5-6-10-20(19)16-24(23)31-27(30)28-26(29-31)34-21-11-3-2-4-12-21/h2-16H,17H2,1H3. The van der Waals surface area contributed by atoms with Gasteiger partial charge in [-0.25, -0.2) is 0 Å². The maximum atomic E-state index is 13.7. The van der Waals surface area contributed by atoms with Crippen LogP contribution in [0.3, 0.4) is 0 Å². The van der Waals surface area contributed by atoms with E-state index in [4.69, 9.17) is 9.47 Å². The van der Waals surface area contributed by atoms with Gasteiger partial charge in [-0.1, -0.05) is 54.6 Å². The van der Waals surface area contributed by atoms with E-state index in [0.717, 1.165) is 22.1 Å². The van der Waals surface area contributed by atoms with E-state index in [-0.39, 0.29) is 11.6 Å². The van der Waals surface area contributed by atoms with Crippen molar-refractivity contribution in [3.63, 3.8) is 0 Å². The Balaban J connectivity index is 1.60. The molecule has 6 rings (SSSR count). The molecule has 0 spiro atoms. The minimum Gasteiger partial charge on any atom is -0.497 e. The van der Waals surface area contributed by atoms with Crippen molar-refractivity contribution in [3.8, 4) is 17.5 Å². The highest BCUT2D eigenvalue weighted by atomic mass is 16.5. The molecular weight excluding hydrogens is 428 g/mol. The fraction of sp³-hybridized carbons (Fsp3) is 0.0741. The van der Waals surface area contributed by atoms with Gasteiger partial charge in [-0.3, -0.25) is 9.36 Å². The summed E-state index contributed by atoms with van der Waals surface area (Å²) in [5.74, 6) is 1.75. The van der Waals surface area contributed by atoms with E-state index in [9.17, 15) is 4.79 Å². The minimum absolute atomic E-state index is 0.144. The van der Waals surface area contributed by atoms with Crippen molar-refractivity contribution < 1.29 is 9.47 Å². The maximum absolute atomic E-state index is 13.7. The second-order valence-corrected chi connectivity index (χ2v) is 7.98. The predicted molar refractivity (Wildman–Crippen MR) is 131 cm³/mol. The lowest BCUT2D eigenvalue weighted by Crippen LogP contribution is -2.24. The molecular formula is C27H20N4O3. The van der Waals surface area contributed by atoms with E-state index in [1.165, 1.54) is 0 Å². The van der Waals surface area contributed by atoms with E-state index >= 15 is 0 Å². The van der Waals surface area contributed by atoms with Crippen LogP contribution in [0.5, 0.6) is 17.5 Å². The molecule has 0 aliphatic rings. The Morgan fingerprint density at radius 2 is 1.56 bits per heavy atom. The lowest BCUT2D eigenvalue weighted by molar-refractivity contribution is 0.414. The van der Waals surface area contributed by atoms with Gasteiger partial charge in [0, 0.05) is 0 Å². The van der Waals surface area contributed by atoms with Gasteiger partial charge in [0.05, 0.1) is 24.6 Å². The Morgan fingerprint density at radius 3 is 2.35 bits per heavy atom. The average Bonchev–Trinajstić information content (AvgIpc) is 3.30. The van der Waals surface area contributed by atoms with Gasteiger partial charge >= 0.3 is 6.01 Å². The van der Waals surface area contributed by atoms with Gasteiger partial charge in [-0.05, 0) is 52.7 Å². The fourth-order valence-electron chi connectivity index (χ4n) is 4.17. The first kappa shape index (κ1) is 20.0. The van der Waals surface area contributed by atoms with Crippen molar-refractivity contribution in [2.24, 2.45) is 0 Å². The van der Waals surface area contributed by atoms with Crippen LogP contribution in [0.1, 0.15) is 5.56 Å². The van der Waals surface area contributed by atoms with Gasteiger partial charge in [0.25, 0.3) is 5.56 Å². The van der Waals surface area contributed by atoms with Crippen molar-refractivity contribution in [1.29, 1.82) is 0 Å². The third-order valence-corrected chi connectivity index (χ3v) is 5.81. The van der Waals surface area contributed by atoms with E-state index in [1.54, 1.807) is 16.2 Å². The Bertz CT molecular complexity index is 1720. The molecule has 6 aromatic rings. The predicted octanol–water partition coefficient (Wildman–Crippen LogP) is 5.05. The summed E-state index contributed by atoms with van der Waals surface area (Å²) < 4.78 is 14.6. The first-order valence-electron chi connectivity index (χ1n) is 10.9. The molecule has 0 atom stereocenters. The molecule has 2 heterocycles. The normalized spacial score (nSPS) is 11.3. The van der Waals surface area contributed by atoms with Gasteiger partial charge in [-0.15, -0.1) is 5.10 Å². The fourth-order valence-corrected chi connectivity index (χ4v) is 4.17. The van der Waals surface area contributed by atoms with Crippen molar-refractivity contribution in [2.45, 2.75) is 6.54 Å². The van der Waals surface area contributed by atoms with E-state index in [0.29, 0.717) is 29.0 Å². The van der Waals surface area contributed by atoms with Crippen molar-refractivity contribution >= 4 is 27.5 Å². The average molecular weight is 448 g/mol. The smallest absolute Gasteiger partial charge is 0.343 e. The number of methoxy groups -OCH3 is 1. The topological polar surface area (TPSA) is 70.7 Å². The summed E-state index contributed by atoms with van der Waals surface area (Å²) in [6, 6.07) is 29.0. The van der Waals surface area contributed by atoms with Crippen LogP contribution in [0, 0.1) is 0 Å². The summed E-state index contributed by atoms with van der Waals surface area (Å²) in [7, 11) is 1.62. The molecule has 166 valence electrons. The summed E-state index contributed by atoms with van der Waals surface area (Å²) in [5.41, 5.74) is 1.45. The first-order chi connectivity index (χ1) is 16.7. The zero-order valence-corrected chi connectivity index (χ0v) is 18.4. The van der Waals surface area contributed by atoms with E-state index < -0.39 is 0 Å². The van der Waals surface area contributed by atoms with Gasteiger partial charge in [-0.2, -0.15) is 9.50 Å². The summed E-state index contributed by atoms with van der Waals surface area (Å²) in [6.45, 7) is 0.311. The van der Waals surface area contributed by atoms with Crippen LogP contribution in [0.25, 0.3) is 27.5 Å². The molecule has 0 fully saturated rings. The highest BCUT2D eigenvalue weighted by molar-refractivity contribution is 5.96. The zero-order chi connectivity index (χ0) is 23.1. The molecule has 7 nitrogen and oxygen atoms in total. The third-order valence-electron chi connectivity index (χ3n) is 5.81. The van der Waals surface area contributed by atoms with Gasteiger partial charge < -0.3 is 9.47 Å². The van der Waals surface area contributed by atoms with Crippen LogP contribution in [0.4, 0.5) is 0 Å². The molecule has 2 aromatic heterocycles. The molecule has 4 aromatic carbocycles. The van der Waals surface area contributed by atoms with Crippen LogP contribution in [-0.4, -0.2) is 26.3 Å². The van der Waals surface area contributed by atoms with Crippen molar-refractivity contribution in [1.82, 2.24) is 19.2 Å². The number of fused-ring (bicyclic) bond motifs is 4. The Kier molecular flexibility index (Phi) is 4.73. The first-order valence-corrected chi connectivity index (χ1v) is 10.9. The summed E-state index contributed by atoms with van der Waals surface area (Å²) in [6.07, 6.45) is 0. The van der Waals surface area contributed by atoms with Crippen molar-refractivity contribution in [3.05, 3.63) is 107 Å². The lowest BCUT2D eigenvalue weighted by atomic mass is 10.1. The number of nitrogens with zero attached hydrogens (tertiary/aromatic N) is 4. The van der Waals surface area contributed by atoms with Crippen LogP contribution < -0.4 is 15.0 Å². The van der Waals surface area contributed by atoms with Gasteiger partial charge in [0.15, 0.2) is 0 Å². The maximum Gasteiger partial charge on any atom is 0.343 e. The second-order valence-electron chi connectivity index (χ2n) is 7.98. The monoisotopic (exact) mass is 448 g/mol. The molecule has 0 N–H and O–H groups in total. The van der Waals surface area contributed by atoms with Crippen LogP contribution >= 0.6 is 0 Å². The molecule has 0 aliphatic carbocycles. The molecule has 34 heavy (non-hydrogen) atoms. The molecule has 7 heteroatoms. The van der Waals surface area contributed by atoms with Crippen LogP contribution in [0.2, 0.25) is 0 Å². The lowest BCUT2D eigenvalue weighted by Gasteiger charge is -2.11. The third kappa shape index (κ3) is 3.44. The summed E-state index contributed by atoms with van der Waals surface area (Å²) in [4.78, 5) is 18.3. The minimum atomic E-state index is -0.144. The number of hydrogen-bond donors (Lipinski definition) is 0. The Morgan fingerprint density at radius 1 is 0.824 bits per heavy atom. The Hall–Kier alpha value is -4.65. The van der Waals surface area contributed by atoms with Gasteiger partial charge in [0.1, 0.15) is 11.5 Å². The zero-order valence-electron chi connectivity index (χ0n) is 18.4. The molecule has 0 bridgehead atoms. The number of para-hydroxylation sites is 1. The quantitative estimate of drug-likeness (QED) is 0.345. The molecule has 0 aliphatic heterocycles. The number of hydrogen-bond acceptors (Lipinski definition) is 5.